The first kappa shape index (κ1) is 25.0. The van der Waals surface area contributed by atoms with E-state index in [1.807, 2.05) is 6.92 Å². The summed E-state index contributed by atoms with van der Waals surface area (Å²) < 4.78 is 57.2. The maximum Gasteiger partial charge on any atom is 0.264 e. The molecule has 0 aromatic heterocycles. The molecular formula is C23H30N2O6S2. The van der Waals surface area contributed by atoms with Crippen molar-refractivity contribution in [2.45, 2.75) is 37.6 Å². The average Bonchev–Trinajstić information content (AvgIpc) is 3.15. The Labute approximate surface area is 196 Å². The lowest BCUT2D eigenvalue weighted by molar-refractivity contribution is 0.0696. The van der Waals surface area contributed by atoms with Gasteiger partial charge in [0.1, 0.15) is 5.75 Å². The summed E-state index contributed by atoms with van der Waals surface area (Å²) in [5.74, 6) is 0.0474. The Kier molecular flexibility index (Phi) is 7.38. The minimum Gasteiger partial charge on any atom is -0.495 e. The first-order valence-electron chi connectivity index (χ1n) is 10.8. The molecule has 0 radical (unpaired) electrons. The number of sulfone groups is 1. The van der Waals surface area contributed by atoms with E-state index < -0.39 is 25.9 Å². The number of amides is 1. The van der Waals surface area contributed by atoms with E-state index in [2.05, 4.69) is 0 Å². The second-order valence-corrected chi connectivity index (χ2v) is 12.4. The van der Waals surface area contributed by atoms with Gasteiger partial charge in [-0.2, -0.15) is 0 Å². The molecule has 3 rings (SSSR count). The van der Waals surface area contributed by atoms with Crippen LogP contribution in [0.1, 0.15) is 35.7 Å². The van der Waals surface area contributed by atoms with Crippen molar-refractivity contribution in [3.05, 3.63) is 53.6 Å². The van der Waals surface area contributed by atoms with E-state index in [9.17, 15) is 21.6 Å². The summed E-state index contributed by atoms with van der Waals surface area (Å²) in [5, 5.41) is 0. The molecule has 0 bridgehead atoms. The quantitative estimate of drug-likeness (QED) is 0.559. The number of ether oxygens (including phenoxy) is 1. The van der Waals surface area contributed by atoms with Crippen LogP contribution in [-0.2, 0) is 19.9 Å². The zero-order valence-electron chi connectivity index (χ0n) is 19.3. The van der Waals surface area contributed by atoms with E-state index in [4.69, 9.17) is 4.74 Å². The fraction of sp³-hybridized carbons (Fsp3) is 0.435. The molecule has 1 unspecified atom stereocenters. The Morgan fingerprint density at radius 3 is 2.48 bits per heavy atom. The zero-order chi connectivity index (χ0) is 24.4. The monoisotopic (exact) mass is 494 g/mol. The Bertz CT molecular complexity index is 1240. The van der Waals surface area contributed by atoms with Gasteiger partial charge in [0.2, 0.25) is 0 Å². The number of anilines is 1. The predicted octanol–water partition coefficient (Wildman–Crippen LogP) is 2.87. The van der Waals surface area contributed by atoms with Gasteiger partial charge in [-0.05, 0) is 49.6 Å². The van der Waals surface area contributed by atoms with Crippen molar-refractivity contribution < 1.29 is 26.4 Å². The predicted molar refractivity (Wildman–Crippen MR) is 128 cm³/mol. The standard InChI is InChI=1S/C23H30N2O6S2/c1-5-13-25(18-12-14-32(27,28)16-18)23(26)20-15-19(11-10-17(20)2)33(29,30)24(3)21-8-6-7-9-22(21)31-4/h6-11,15,18H,5,12-14,16H2,1-4H3. The Hall–Kier alpha value is -2.59. The fourth-order valence-electron chi connectivity index (χ4n) is 4.04. The van der Waals surface area contributed by atoms with Crippen molar-refractivity contribution >= 4 is 31.5 Å². The molecule has 2 aromatic rings. The number of sulfonamides is 1. The number of carbonyl (C=O) groups excluding carboxylic acids is 1. The molecule has 2 aromatic carbocycles. The Morgan fingerprint density at radius 2 is 1.88 bits per heavy atom. The number of hydrogen-bond donors (Lipinski definition) is 0. The molecule has 180 valence electrons. The number of methoxy groups -OCH3 is 1. The topological polar surface area (TPSA) is 101 Å². The van der Waals surface area contributed by atoms with Crippen molar-refractivity contribution in [1.82, 2.24) is 4.90 Å². The minimum atomic E-state index is -3.99. The number of aryl methyl sites for hydroxylation is 1. The lowest BCUT2D eigenvalue weighted by Gasteiger charge is -2.29. The number of rotatable bonds is 8. The lowest BCUT2D eigenvalue weighted by Crippen LogP contribution is -2.42. The SMILES string of the molecule is CCCN(C(=O)c1cc(S(=O)(=O)N(C)c2ccccc2OC)ccc1C)C1CCS(=O)(=O)C1. The molecule has 33 heavy (non-hydrogen) atoms. The van der Waals surface area contributed by atoms with Crippen LogP contribution < -0.4 is 9.04 Å². The van der Waals surface area contributed by atoms with Crippen LogP contribution in [-0.4, -0.2) is 65.9 Å². The third kappa shape index (κ3) is 5.16. The maximum absolute atomic E-state index is 13.5. The molecule has 1 amide bonds. The van der Waals surface area contributed by atoms with Gasteiger partial charge in [0.05, 0.1) is 29.2 Å². The van der Waals surface area contributed by atoms with E-state index in [-0.39, 0.29) is 27.9 Å². The first-order chi connectivity index (χ1) is 15.5. The zero-order valence-corrected chi connectivity index (χ0v) is 20.9. The molecule has 0 aliphatic carbocycles. The van der Waals surface area contributed by atoms with Gasteiger partial charge < -0.3 is 9.64 Å². The van der Waals surface area contributed by atoms with E-state index in [0.29, 0.717) is 36.4 Å². The molecule has 1 aliphatic rings. The third-order valence-corrected chi connectivity index (χ3v) is 9.41. The smallest absolute Gasteiger partial charge is 0.264 e. The summed E-state index contributed by atoms with van der Waals surface area (Å²) in [7, 11) is -4.26. The van der Waals surface area contributed by atoms with E-state index >= 15 is 0 Å². The number of benzene rings is 2. The van der Waals surface area contributed by atoms with E-state index in [1.165, 1.54) is 26.3 Å². The van der Waals surface area contributed by atoms with Crippen molar-refractivity contribution in [2.24, 2.45) is 0 Å². The van der Waals surface area contributed by atoms with Crippen molar-refractivity contribution in [2.75, 3.05) is 36.5 Å². The van der Waals surface area contributed by atoms with Crippen LogP contribution in [0.3, 0.4) is 0 Å². The lowest BCUT2D eigenvalue weighted by atomic mass is 10.1. The van der Waals surface area contributed by atoms with Crippen LogP contribution in [0.25, 0.3) is 0 Å². The number of carbonyl (C=O) groups is 1. The largest absolute Gasteiger partial charge is 0.495 e. The Morgan fingerprint density at radius 1 is 1.18 bits per heavy atom. The van der Waals surface area contributed by atoms with Crippen molar-refractivity contribution in [3.8, 4) is 5.75 Å². The van der Waals surface area contributed by atoms with Gasteiger partial charge in [-0.3, -0.25) is 9.10 Å². The van der Waals surface area contributed by atoms with Gasteiger partial charge >= 0.3 is 0 Å². The average molecular weight is 495 g/mol. The summed E-state index contributed by atoms with van der Waals surface area (Å²) in [6.45, 7) is 4.05. The van der Waals surface area contributed by atoms with Gasteiger partial charge in [-0.25, -0.2) is 16.8 Å². The summed E-state index contributed by atoms with van der Waals surface area (Å²) in [6.07, 6.45) is 1.05. The molecular weight excluding hydrogens is 464 g/mol. The minimum absolute atomic E-state index is 0.0275. The molecule has 1 heterocycles. The normalized spacial score (nSPS) is 17.5. The molecule has 0 N–H and O–H groups in total. The molecule has 1 saturated heterocycles. The number of para-hydroxylation sites is 2. The second kappa shape index (κ2) is 9.72. The van der Waals surface area contributed by atoms with Gasteiger partial charge in [0, 0.05) is 25.2 Å². The van der Waals surface area contributed by atoms with Crippen LogP contribution in [0.5, 0.6) is 5.75 Å². The highest BCUT2D eigenvalue weighted by atomic mass is 32.2. The Balaban J connectivity index is 1.99. The van der Waals surface area contributed by atoms with Crippen molar-refractivity contribution in [3.63, 3.8) is 0 Å². The van der Waals surface area contributed by atoms with Gasteiger partial charge in [0.15, 0.2) is 9.84 Å². The molecule has 1 aliphatic heterocycles. The molecule has 0 saturated carbocycles. The fourth-order valence-corrected chi connectivity index (χ4v) is 7.00. The van der Waals surface area contributed by atoms with Crippen LogP contribution in [0.15, 0.2) is 47.4 Å². The van der Waals surface area contributed by atoms with E-state index in [1.54, 1.807) is 42.2 Å². The van der Waals surface area contributed by atoms with Crippen LogP contribution in [0.4, 0.5) is 5.69 Å². The van der Waals surface area contributed by atoms with Crippen LogP contribution in [0.2, 0.25) is 0 Å². The highest BCUT2D eigenvalue weighted by Gasteiger charge is 2.35. The third-order valence-electron chi connectivity index (χ3n) is 5.90. The highest BCUT2D eigenvalue weighted by Crippen LogP contribution is 2.32. The molecule has 10 heteroatoms. The van der Waals surface area contributed by atoms with Crippen LogP contribution >= 0.6 is 0 Å². The molecule has 0 spiro atoms. The summed E-state index contributed by atoms with van der Waals surface area (Å²) >= 11 is 0. The van der Waals surface area contributed by atoms with Crippen LogP contribution in [0, 0.1) is 6.92 Å². The van der Waals surface area contributed by atoms with Crippen molar-refractivity contribution in [1.29, 1.82) is 0 Å². The molecule has 1 atom stereocenters. The maximum atomic E-state index is 13.5. The summed E-state index contributed by atoms with van der Waals surface area (Å²) in [6, 6.07) is 10.8. The summed E-state index contributed by atoms with van der Waals surface area (Å²) in [4.78, 5) is 15.0. The van der Waals surface area contributed by atoms with Gasteiger partial charge in [-0.1, -0.05) is 25.1 Å². The highest BCUT2D eigenvalue weighted by molar-refractivity contribution is 7.92. The molecule has 8 nitrogen and oxygen atoms in total. The molecule has 1 fully saturated rings. The summed E-state index contributed by atoms with van der Waals surface area (Å²) in [5.41, 5.74) is 1.25. The van der Waals surface area contributed by atoms with Gasteiger partial charge in [-0.15, -0.1) is 0 Å². The second-order valence-electron chi connectivity index (χ2n) is 8.18. The van der Waals surface area contributed by atoms with Gasteiger partial charge in [0.25, 0.3) is 15.9 Å². The first-order valence-corrected chi connectivity index (χ1v) is 14.0. The number of nitrogens with zero attached hydrogens (tertiary/aromatic N) is 2. The number of hydrogen-bond acceptors (Lipinski definition) is 6. The van der Waals surface area contributed by atoms with E-state index in [0.717, 1.165) is 4.31 Å².